The van der Waals surface area contributed by atoms with E-state index in [1.807, 2.05) is 19.2 Å². The normalized spacial score (nSPS) is 13.0. The third-order valence-electron chi connectivity index (χ3n) is 4.17. The first-order chi connectivity index (χ1) is 12.8. The topological polar surface area (TPSA) is 95.5 Å². The van der Waals surface area contributed by atoms with E-state index in [-0.39, 0.29) is 17.7 Å². The molecule has 144 valence electrons. The van der Waals surface area contributed by atoms with E-state index in [2.05, 4.69) is 10.6 Å². The van der Waals surface area contributed by atoms with Crippen LogP contribution >= 0.6 is 11.3 Å². The van der Waals surface area contributed by atoms with Gasteiger partial charge in [0.25, 0.3) is 5.91 Å². The van der Waals surface area contributed by atoms with Gasteiger partial charge in [0.1, 0.15) is 6.04 Å². The van der Waals surface area contributed by atoms with Crippen LogP contribution in [0.15, 0.2) is 41.8 Å². The van der Waals surface area contributed by atoms with E-state index in [0.29, 0.717) is 17.0 Å². The van der Waals surface area contributed by atoms with Crippen molar-refractivity contribution in [2.75, 3.05) is 5.32 Å². The smallest absolute Gasteiger partial charge is 0.306 e. The summed E-state index contributed by atoms with van der Waals surface area (Å²) in [6.45, 7) is 5.40. The highest BCUT2D eigenvalue weighted by molar-refractivity contribution is 7.12. The predicted molar refractivity (Wildman–Crippen MR) is 106 cm³/mol. The standard InChI is InChI=1S/C20H24N2O4S/c1-12(2)17(22-18(23)16-5-4-10-27-16)19(24)21-15-8-6-14(7-9-15)11-13(3)20(25)26/h4-10,12-13,17H,11H2,1-3H3,(H,21,24)(H,22,23)(H,25,26). The number of thiophene rings is 1. The van der Waals surface area contributed by atoms with E-state index in [9.17, 15) is 14.4 Å². The number of nitrogens with one attached hydrogen (secondary N) is 2. The number of carboxylic acid groups (broad SMARTS) is 1. The van der Waals surface area contributed by atoms with Crippen molar-refractivity contribution >= 4 is 34.8 Å². The van der Waals surface area contributed by atoms with Gasteiger partial charge in [0.2, 0.25) is 5.91 Å². The fourth-order valence-corrected chi connectivity index (χ4v) is 3.17. The third kappa shape index (κ3) is 5.92. The molecule has 2 atom stereocenters. The van der Waals surface area contributed by atoms with Crippen molar-refractivity contribution in [3.8, 4) is 0 Å². The second-order valence-electron chi connectivity index (χ2n) is 6.80. The van der Waals surface area contributed by atoms with Crippen LogP contribution in [-0.4, -0.2) is 28.9 Å². The monoisotopic (exact) mass is 388 g/mol. The van der Waals surface area contributed by atoms with Crippen LogP contribution in [0.25, 0.3) is 0 Å². The molecule has 1 heterocycles. The summed E-state index contributed by atoms with van der Waals surface area (Å²) >= 11 is 1.32. The molecule has 2 unspecified atom stereocenters. The van der Waals surface area contributed by atoms with Crippen molar-refractivity contribution in [2.24, 2.45) is 11.8 Å². The lowest BCUT2D eigenvalue weighted by molar-refractivity contribution is -0.141. The van der Waals surface area contributed by atoms with Gasteiger partial charge >= 0.3 is 5.97 Å². The molecule has 0 saturated heterocycles. The van der Waals surface area contributed by atoms with Gasteiger partial charge in [-0.2, -0.15) is 0 Å². The average molecular weight is 388 g/mol. The van der Waals surface area contributed by atoms with E-state index in [1.54, 1.807) is 43.3 Å². The minimum Gasteiger partial charge on any atom is -0.481 e. The molecule has 2 amide bonds. The summed E-state index contributed by atoms with van der Waals surface area (Å²) in [6, 6.07) is 9.91. The Kier molecular flexibility index (Phi) is 7.12. The van der Waals surface area contributed by atoms with Crippen LogP contribution in [0.4, 0.5) is 5.69 Å². The fourth-order valence-electron chi connectivity index (χ4n) is 2.54. The van der Waals surface area contributed by atoms with Crippen molar-refractivity contribution in [1.82, 2.24) is 5.32 Å². The van der Waals surface area contributed by atoms with E-state index >= 15 is 0 Å². The average Bonchev–Trinajstić information content (AvgIpc) is 3.15. The number of carbonyl (C=O) groups excluding carboxylic acids is 2. The summed E-state index contributed by atoms with van der Waals surface area (Å²) in [5, 5.41) is 16.4. The number of carboxylic acids is 1. The number of hydrogen-bond acceptors (Lipinski definition) is 4. The summed E-state index contributed by atoms with van der Waals surface area (Å²) in [4.78, 5) is 36.4. The van der Waals surface area contributed by atoms with Crippen molar-refractivity contribution in [3.63, 3.8) is 0 Å². The lowest BCUT2D eigenvalue weighted by atomic mass is 10.0. The zero-order chi connectivity index (χ0) is 20.0. The quantitative estimate of drug-likeness (QED) is 0.646. The van der Waals surface area contributed by atoms with Gasteiger partial charge in [-0.3, -0.25) is 14.4 Å². The molecule has 0 aliphatic rings. The summed E-state index contributed by atoms with van der Waals surface area (Å²) in [5.41, 5.74) is 1.48. The number of rotatable bonds is 8. The molecule has 0 spiro atoms. The van der Waals surface area contributed by atoms with Crippen LogP contribution < -0.4 is 10.6 Å². The Labute approximate surface area is 162 Å². The minimum atomic E-state index is -0.839. The van der Waals surface area contributed by atoms with Gasteiger partial charge in [-0.1, -0.05) is 39.0 Å². The highest BCUT2D eigenvalue weighted by Gasteiger charge is 2.25. The van der Waals surface area contributed by atoms with E-state index in [4.69, 9.17) is 5.11 Å². The Morgan fingerprint density at radius 2 is 1.74 bits per heavy atom. The molecule has 0 aliphatic heterocycles. The molecule has 7 heteroatoms. The molecule has 0 radical (unpaired) electrons. The van der Waals surface area contributed by atoms with Gasteiger partial charge in [-0.25, -0.2) is 0 Å². The van der Waals surface area contributed by atoms with E-state index in [0.717, 1.165) is 5.56 Å². The largest absolute Gasteiger partial charge is 0.481 e. The van der Waals surface area contributed by atoms with Gasteiger partial charge < -0.3 is 15.7 Å². The zero-order valence-corrected chi connectivity index (χ0v) is 16.4. The molecule has 1 aromatic carbocycles. The SMILES string of the molecule is CC(Cc1ccc(NC(=O)C(NC(=O)c2cccs2)C(C)C)cc1)C(=O)O. The highest BCUT2D eigenvalue weighted by Crippen LogP contribution is 2.15. The second kappa shape index (κ2) is 9.32. The molecule has 2 rings (SSSR count). The van der Waals surface area contributed by atoms with E-state index in [1.165, 1.54) is 11.3 Å². The van der Waals surface area contributed by atoms with Gasteiger partial charge in [-0.15, -0.1) is 11.3 Å². The molecular weight excluding hydrogens is 364 g/mol. The van der Waals surface area contributed by atoms with E-state index < -0.39 is 17.9 Å². The molecule has 0 fully saturated rings. The molecule has 0 bridgehead atoms. The van der Waals surface area contributed by atoms with Crippen LogP contribution in [0.1, 0.15) is 36.0 Å². The lowest BCUT2D eigenvalue weighted by Gasteiger charge is -2.21. The number of hydrogen-bond donors (Lipinski definition) is 3. The Balaban J connectivity index is 2.00. The molecule has 1 aromatic heterocycles. The van der Waals surface area contributed by atoms with Crippen molar-refractivity contribution in [3.05, 3.63) is 52.2 Å². The number of aliphatic carboxylic acids is 1. The van der Waals surface area contributed by atoms with Gasteiger partial charge in [0, 0.05) is 5.69 Å². The fraction of sp³-hybridized carbons (Fsp3) is 0.350. The molecule has 27 heavy (non-hydrogen) atoms. The first-order valence-electron chi connectivity index (χ1n) is 8.75. The van der Waals surface area contributed by atoms with Gasteiger partial charge in [-0.05, 0) is 41.5 Å². The summed E-state index contributed by atoms with van der Waals surface area (Å²) in [5.74, 6) is -1.94. The first-order valence-corrected chi connectivity index (χ1v) is 9.63. The van der Waals surface area contributed by atoms with Crippen LogP contribution in [0.2, 0.25) is 0 Å². The lowest BCUT2D eigenvalue weighted by Crippen LogP contribution is -2.46. The van der Waals surface area contributed by atoms with Crippen molar-refractivity contribution in [2.45, 2.75) is 33.2 Å². The summed E-state index contributed by atoms with van der Waals surface area (Å²) in [6.07, 6.45) is 0.426. The molecular formula is C20H24N2O4S. The number of benzene rings is 1. The maximum atomic E-state index is 12.6. The maximum absolute atomic E-state index is 12.6. The molecule has 0 aliphatic carbocycles. The van der Waals surface area contributed by atoms with Crippen LogP contribution in [-0.2, 0) is 16.0 Å². The number of anilines is 1. The Morgan fingerprint density at radius 3 is 2.26 bits per heavy atom. The number of amides is 2. The molecule has 0 saturated carbocycles. The van der Waals surface area contributed by atoms with Crippen molar-refractivity contribution in [1.29, 1.82) is 0 Å². The predicted octanol–water partition coefficient (Wildman–Crippen LogP) is 3.40. The summed E-state index contributed by atoms with van der Waals surface area (Å²) < 4.78 is 0. The summed E-state index contributed by atoms with van der Waals surface area (Å²) in [7, 11) is 0. The Hall–Kier alpha value is -2.67. The first kappa shape index (κ1) is 20.6. The maximum Gasteiger partial charge on any atom is 0.306 e. The molecule has 3 N–H and O–H groups in total. The Morgan fingerprint density at radius 1 is 1.07 bits per heavy atom. The second-order valence-corrected chi connectivity index (χ2v) is 7.75. The van der Waals surface area contributed by atoms with Crippen LogP contribution in [0, 0.1) is 11.8 Å². The molecule has 2 aromatic rings. The van der Waals surface area contributed by atoms with Crippen molar-refractivity contribution < 1.29 is 19.5 Å². The van der Waals surface area contributed by atoms with Gasteiger partial charge in [0.15, 0.2) is 0 Å². The third-order valence-corrected chi connectivity index (χ3v) is 5.03. The van der Waals surface area contributed by atoms with Gasteiger partial charge in [0.05, 0.1) is 10.8 Å². The zero-order valence-electron chi connectivity index (χ0n) is 15.6. The van der Waals surface area contributed by atoms with Crippen LogP contribution in [0.5, 0.6) is 0 Å². The number of carbonyl (C=O) groups is 3. The Bertz CT molecular complexity index is 785. The minimum absolute atomic E-state index is 0.0791. The highest BCUT2D eigenvalue weighted by atomic mass is 32.1. The van der Waals surface area contributed by atoms with Crippen LogP contribution in [0.3, 0.4) is 0 Å². The molecule has 6 nitrogen and oxygen atoms in total.